The van der Waals surface area contributed by atoms with Crippen molar-refractivity contribution in [3.05, 3.63) is 47.9 Å². The molecule has 1 aliphatic heterocycles. The largest absolute Gasteiger partial charge is 0.361 e. The molecule has 1 fully saturated rings. The van der Waals surface area contributed by atoms with Crippen LogP contribution >= 0.6 is 0 Å². The number of H-pyrrole nitrogens is 2. The van der Waals surface area contributed by atoms with E-state index in [1.165, 1.54) is 23.4 Å². The zero-order valence-corrected chi connectivity index (χ0v) is 15.0. The standard InChI is InChI=1S/C18H22N4O2S/c1-25(23,24)17-10-20-21-18(17)15-3-2-8-22(12-15)11-13-4-5-14-6-7-19-16(14)9-13/h4-7,9-10,15,19H,2-3,8,11-12H2,1H3,(H,20,21)/t15-/m1/s1. The highest BCUT2D eigenvalue weighted by molar-refractivity contribution is 7.90. The van der Waals surface area contributed by atoms with Crippen LogP contribution in [-0.2, 0) is 16.4 Å². The van der Waals surface area contributed by atoms with Crippen molar-refractivity contribution < 1.29 is 8.42 Å². The highest BCUT2D eigenvalue weighted by Crippen LogP contribution is 2.30. The normalized spacial score (nSPS) is 19.5. The van der Waals surface area contributed by atoms with Gasteiger partial charge in [-0.15, -0.1) is 0 Å². The molecule has 1 aromatic carbocycles. The molecule has 2 aromatic heterocycles. The van der Waals surface area contributed by atoms with Crippen LogP contribution in [0.15, 0.2) is 41.6 Å². The van der Waals surface area contributed by atoms with Gasteiger partial charge in [-0.25, -0.2) is 8.42 Å². The van der Waals surface area contributed by atoms with Crippen LogP contribution in [0.3, 0.4) is 0 Å². The van der Waals surface area contributed by atoms with E-state index < -0.39 is 9.84 Å². The maximum Gasteiger partial charge on any atom is 0.178 e. The smallest absolute Gasteiger partial charge is 0.178 e. The lowest BCUT2D eigenvalue weighted by Crippen LogP contribution is -2.34. The molecule has 0 aliphatic carbocycles. The number of benzene rings is 1. The van der Waals surface area contributed by atoms with Gasteiger partial charge in [-0.1, -0.05) is 12.1 Å². The molecule has 0 bridgehead atoms. The predicted molar refractivity (Wildman–Crippen MR) is 97.2 cm³/mol. The lowest BCUT2D eigenvalue weighted by atomic mass is 9.94. The lowest BCUT2D eigenvalue weighted by Gasteiger charge is -2.32. The van der Waals surface area contributed by atoms with E-state index in [4.69, 9.17) is 0 Å². The van der Waals surface area contributed by atoms with Gasteiger partial charge in [-0.3, -0.25) is 10.00 Å². The molecule has 1 atom stereocenters. The number of fused-ring (bicyclic) bond motifs is 1. The Morgan fingerprint density at radius 2 is 2.20 bits per heavy atom. The van der Waals surface area contributed by atoms with Crippen molar-refractivity contribution in [3.63, 3.8) is 0 Å². The summed E-state index contributed by atoms with van der Waals surface area (Å²) < 4.78 is 23.9. The van der Waals surface area contributed by atoms with Crippen LogP contribution in [0.4, 0.5) is 0 Å². The number of aromatic amines is 2. The molecule has 0 amide bonds. The van der Waals surface area contributed by atoms with Crippen LogP contribution in [0, 0.1) is 0 Å². The molecule has 2 N–H and O–H groups in total. The maximum absolute atomic E-state index is 12.0. The number of aromatic nitrogens is 3. The predicted octanol–water partition coefficient (Wildman–Crippen LogP) is 2.67. The van der Waals surface area contributed by atoms with Gasteiger partial charge in [0.15, 0.2) is 9.84 Å². The number of nitrogens with one attached hydrogen (secondary N) is 2. The molecule has 0 radical (unpaired) electrons. The second-order valence-electron chi connectivity index (χ2n) is 6.89. The summed E-state index contributed by atoms with van der Waals surface area (Å²) >= 11 is 0. The summed E-state index contributed by atoms with van der Waals surface area (Å²) in [5.41, 5.74) is 3.18. The van der Waals surface area contributed by atoms with E-state index in [2.05, 4.69) is 44.3 Å². The van der Waals surface area contributed by atoms with Crippen molar-refractivity contribution >= 4 is 20.7 Å². The van der Waals surface area contributed by atoms with Crippen molar-refractivity contribution in [1.29, 1.82) is 0 Å². The summed E-state index contributed by atoms with van der Waals surface area (Å²) in [5, 5.41) is 8.12. The fourth-order valence-corrected chi connectivity index (χ4v) is 4.62. The molecular weight excluding hydrogens is 336 g/mol. The van der Waals surface area contributed by atoms with Crippen molar-refractivity contribution in [2.75, 3.05) is 19.3 Å². The number of hydrogen-bond donors (Lipinski definition) is 2. The molecule has 3 heterocycles. The summed E-state index contributed by atoms with van der Waals surface area (Å²) in [6.45, 7) is 2.74. The fraction of sp³-hybridized carbons (Fsp3) is 0.389. The van der Waals surface area contributed by atoms with Gasteiger partial charge in [0.05, 0.1) is 11.9 Å². The summed E-state index contributed by atoms with van der Waals surface area (Å²) in [7, 11) is -3.25. The van der Waals surface area contributed by atoms with Crippen molar-refractivity contribution in [3.8, 4) is 0 Å². The molecule has 1 aliphatic rings. The Kier molecular flexibility index (Phi) is 4.13. The molecule has 25 heavy (non-hydrogen) atoms. The fourth-order valence-electron chi connectivity index (χ4n) is 3.76. The molecule has 6 nitrogen and oxygen atoms in total. The first-order chi connectivity index (χ1) is 12.0. The van der Waals surface area contributed by atoms with Gasteiger partial charge < -0.3 is 4.98 Å². The molecule has 0 unspecified atom stereocenters. The number of piperidine rings is 1. The van der Waals surface area contributed by atoms with E-state index in [0.29, 0.717) is 4.90 Å². The van der Waals surface area contributed by atoms with Crippen molar-refractivity contribution in [2.24, 2.45) is 0 Å². The topological polar surface area (TPSA) is 81.8 Å². The number of nitrogens with zero attached hydrogens (tertiary/aromatic N) is 2. The van der Waals surface area contributed by atoms with E-state index >= 15 is 0 Å². The molecule has 4 rings (SSSR count). The Hall–Kier alpha value is -2.12. The molecule has 0 saturated carbocycles. The molecule has 1 saturated heterocycles. The van der Waals surface area contributed by atoms with Crippen LogP contribution in [0.5, 0.6) is 0 Å². The minimum absolute atomic E-state index is 0.176. The highest BCUT2D eigenvalue weighted by Gasteiger charge is 2.27. The minimum atomic E-state index is -3.25. The van der Waals surface area contributed by atoms with Gasteiger partial charge >= 0.3 is 0 Å². The summed E-state index contributed by atoms with van der Waals surface area (Å²) in [5.74, 6) is 0.176. The maximum atomic E-state index is 12.0. The quantitative estimate of drug-likeness (QED) is 0.751. The first-order valence-corrected chi connectivity index (χ1v) is 10.4. The zero-order chi connectivity index (χ0) is 17.4. The third kappa shape index (κ3) is 3.34. The number of sulfone groups is 1. The van der Waals surface area contributed by atoms with Crippen molar-refractivity contribution in [2.45, 2.75) is 30.2 Å². The molecule has 132 valence electrons. The van der Waals surface area contributed by atoms with E-state index in [1.54, 1.807) is 0 Å². The zero-order valence-electron chi connectivity index (χ0n) is 14.2. The Morgan fingerprint density at radius 3 is 3.04 bits per heavy atom. The van der Waals surface area contributed by atoms with Crippen LogP contribution < -0.4 is 0 Å². The Morgan fingerprint density at radius 1 is 1.32 bits per heavy atom. The first kappa shape index (κ1) is 16.4. The average molecular weight is 358 g/mol. The summed E-state index contributed by atoms with van der Waals surface area (Å²) in [6.07, 6.45) is 6.67. The summed E-state index contributed by atoms with van der Waals surface area (Å²) in [4.78, 5) is 5.99. The van der Waals surface area contributed by atoms with Gasteiger partial charge in [0.25, 0.3) is 0 Å². The second-order valence-corrected chi connectivity index (χ2v) is 8.88. The molecule has 3 aromatic rings. The third-order valence-electron chi connectivity index (χ3n) is 4.97. The number of hydrogen-bond acceptors (Lipinski definition) is 4. The summed E-state index contributed by atoms with van der Waals surface area (Å²) in [6, 6.07) is 8.56. The molecular formula is C18H22N4O2S. The second kappa shape index (κ2) is 6.31. The minimum Gasteiger partial charge on any atom is -0.361 e. The van der Waals surface area contributed by atoms with Gasteiger partial charge in [-0.2, -0.15) is 5.10 Å². The number of likely N-dealkylation sites (tertiary alicyclic amines) is 1. The average Bonchev–Trinajstić information content (AvgIpc) is 3.23. The van der Waals surface area contributed by atoms with E-state index in [0.717, 1.165) is 43.7 Å². The lowest BCUT2D eigenvalue weighted by molar-refractivity contribution is 0.197. The first-order valence-electron chi connectivity index (χ1n) is 8.52. The Bertz CT molecular complexity index is 989. The van der Waals surface area contributed by atoms with Crippen molar-refractivity contribution in [1.82, 2.24) is 20.1 Å². The van der Waals surface area contributed by atoms with Crippen LogP contribution in [-0.4, -0.2) is 47.8 Å². The molecule has 0 spiro atoms. The van der Waals surface area contributed by atoms with E-state index in [1.807, 2.05) is 6.20 Å². The Labute approximate surface area is 147 Å². The van der Waals surface area contributed by atoms with E-state index in [9.17, 15) is 8.42 Å². The Balaban J connectivity index is 1.52. The van der Waals surface area contributed by atoms with Crippen LogP contribution in [0.1, 0.15) is 30.0 Å². The van der Waals surface area contributed by atoms with Gasteiger partial charge in [0.1, 0.15) is 4.90 Å². The SMILES string of the molecule is CS(=O)(=O)c1cn[nH]c1[C@@H]1CCCN(Cc2ccc3cc[nH]c3c2)C1. The van der Waals surface area contributed by atoms with Gasteiger partial charge in [-0.05, 0) is 42.5 Å². The van der Waals surface area contributed by atoms with Crippen LogP contribution in [0.25, 0.3) is 10.9 Å². The number of rotatable bonds is 4. The van der Waals surface area contributed by atoms with Crippen LogP contribution in [0.2, 0.25) is 0 Å². The van der Waals surface area contributed by atoms with E-state index in [-0.39, 0.29) is 5.92 Å². The molecule has 7 heteroatoms. The van der Waals surface area contributed by atoms with Gasteiger partial charge in [0, 0.05) is 37.0 Å². The third-order valence-corrected chi connectivity index (χ3v) is 6.10. The monoisotopic (exact) mass is 358 g/mol. The van der Waals surface area contributed by atoms with Gasteiger partial charge in [0.2, 0.25) is 0 Å². The highest BCUT2D eigenvalue weighted by atomic mass is 32.2.